The molecular weight excluding hydrogens is 631 g/mol. The van der Waals surface area contributed by atoms with Crippen LogP contribution in [0.15, 0.2) is 113 Å². The van der Waals surface area contributed by atoms with Crippen LogP contribution in [0.5, 0.6) is 0 Å². The van der Waals surface area contributed by atoms with Gasteiger partial charge in [-0.3, -0.25) is 4.72 Å². The monoisotopic (exact) mass is 691 g/mol. The number of guanidine groups is 1. The molecule has 1 aliphatic heterocycles. The summed E-state index contributed by atoms with van der Waals surface area (Å²) < 4.78 is 3.41. The predicted octanol–water partition coefficient (Wildman–Crippen LogP) is 10.9. The average Bonchev–Trinajstić information content (AvgIpc) is 3.11. The topological polar surface area (TPSA) is 65.7 Å². The van der Waals surface area contributed by atoms with Gasteiger partial charge in [0.25, 0.3) is 0 Å². The zero-order valence-corrected chi connectivity index (χ0v) is 32.8. The van der Waals surface area contributed by atoms with Crippen LogP contribution >= 0.6 is 11.9 Å². The molecule has 5 nitrogen and oxygen atoms in total. The Bertz CT molecular complexity index is 1730. The van der Waals surface area contributed by atoms with Gasteiger partial charge in [-0.2, -0.15) is 0 Å². The minimum atomic E-state index is 0.0370. The predicted molar refractivity (Wildman–Crippen MR) is 222 cm³/mol. The number of nitrogens with zero attached hydrogens (tertiary/aromatic N) is 2. The lowest BCUT2D eigenvalue weighted by Crippen LogP contribution is -2.48. The summed E-state index contributed by atoms with van der Waals surface area (Å²) in [5, 5.41) is 5.67. The highest BCUT2D eigenvalue weighted by Crippen LogP contribution is 2.44. The Kier molecular flexibility index (Phi) is 13.6. The second-order valence-corrected chi connectivity index (χ2v) is 15.7. The van der Waals surface area contributed by atoms with Crippen molar-refractivity contribution in [1.29, 1.82) is 0 Å². The van der Waals surface area contributed by atoms with Crippen LogP contribution in [0.2, 0.25) is 0 Å². The van der Waals surface area contributed by atoms with Gasteiger partial charge in [0.15, 0.2) is 5.96 Å². The summed E-state index contributed by atoms with van der Waals surface area (Å²) in [5.41, 5.74) is 16.1. The molecule has 0 bridgehead atoms. The van der Waals surface area contributed by atoms with Crippen LogP contribution < -0.4 is 15.8 Å². The minimum absolute atomic E-state index is 0.0370. The number of nitrogens with two attached hydrogens (primary N) is 1. The van der Waals surface area contributed by atoms with Crippen molar-refractivity contribution >= 4 is 40.1 Å². The Hall–Kier alpha value is -3.74. The van der Waals surface area contributed by atoms with Gasteiger partial charge in [-0.15, -0.1) is 0 Å². The van der Waals surface area contributed by atoms with Crippen LogP contribution in [-0.4, -0.2) is 36.7 Å². The van der Waals surface area contributed by atoms with Crippen LogP contribution in [0.3, 0.4) is 0 Å². The second-order valence-electron chi connectivity index (χ2n) is 15.0. The van der Waals surface area contributed by atoms with Gasteiger partial charge in [0, 0.05) is 47.4 Å². The normalized spacial score (nSPS) is 19.4. The van der Waals surface area contributed by atoms with Gasteiger partial charge < -0.3 is 16.0 Å². The Balaban J connectivity index is 1.72. The molecule has 1 aliphatic rings. The molecule has 2 unspecified atom stereocenters. The van der Waals surface area contributed by atoms with E-state index in [9.17, 15) is 0 Å². The maximum absolute atomic E-state index is 6.70. The van der Waals surface area contributed by atoms with Crippen molar-refractivity contribution in [2.75, 3.05) is 25.9 Å². The van der Waals surface area contributed by atoms with E-state index in [-0.39, 0.29) is 10.8 Å². The lowest BCUT2D eigenvalue weighted by molar-refractivity contribution is 0.143. The van der Waals surface area contributed by atoms with Crippen LogP contribution in [0.1, 0.15) is 91.7 Å². The van der Waals surface area contributed by atoms with E-state index in [1.165, 1.54) is 22.3 Å². The molecule has 2 atom stereocenters. The van der Waals surface area contributed by atoms with Crippen molar-refractivity contribution < 1.29 is 0 Å². The highest BCUT2D eigenvalue weighted by molar-refractivity contribution is 7.96. The van der Waals surface area contributed by atoms with Crippen molar-refractivity contribution in [2.24, 2.45) is 22.1 Å². The summed E-state index contributed by atoms with van der Waals surface area (Å²) in [6.07, 6.45) is 9.46. The number of allylic oxidation sites excluding steroid dienone is 3. The summed E-state index contributed by atoms with van der Waals surface area (Å²) in [4.78, 5) is 7.52. The van der Waals surface area contributed by atoms with Gasteiger partial charge in [0.05, 0.1) is 5.69 Å². The summed E-state index contributed by atoms with van der Waals surface area (Å²) in [7, 11) is 0. The fourth-order valence-corrected chi connectivity index (χ4v) is 7.43. The molecule has 0 aromatic heterocycles. The average molecular weight is 692 g/mol. The van der Waals surface area contributed by atoms with E-state index in [1.807, 2.05) is 6.26 Å². The van der Waals surface area contributed by atoms with Crippen molar-refractivity contribution in [1.82, 2.24) is 14.9 Å². The quantitative estimate of drug-likeness (QED) is 0.0516. The number of benzene rings is 3. The van der Waals surface area contributed by atoms with Crippen molar-refractivity contribution in [2.45, 2.75) is 86.0 Å². The Morgan fingerprint density at radius 1 is 1.00 bits per heavy atom. The number of hydrogen-bond acceptors (Lipinski definition) is 4. The standard InChI is InChI=1S/C44H61N5S/c1-11-31(4)25-34-27-44(13-3,36-19-15-14-16-20-36)30-49(29-34)33(6)37-23-24-40(39-22-18-17-21-38(37)39)47-42(45)48-41(26-32(5)43(7,8)9)35(12-2)28-46-50-10/h14-24,26,34,46H,4,6,11-13,25,27-30H2,1-3,5,7-10H3,(H3,45,47,48)/b32-26+,41-35+. The lowest BCUT2D eigenvalue weighted by Gasteiger charge is -2.48. The van der Waals surface area contributed by atoms with Crippen LogP contribution in [-0.2, 0) is 5.41 Å². The second kappa shape index (κ2) is 17.5. The number of rotatable bonds is 14. The van der Waals surface area contributed by atoms with Gasteiger partial charge in [-0.05, 0) is 85.3 Å². The van der Waals surface area contributed by atoms with E-state index in [2.05, 4.69) is 143 Å². The number of piperidine rings is 1. The largest absolute Gasteiger partial charge is 0.370 e. The van der Waals surface area contributed by atoms with E-state index in [0.717, 1.165) is 85.2 Å². The maximum atomic E-state index is 6.70. The molecule has 0 spiro atoms. The molecule has 3 aromatic carbocycles. The Morgan fingerprint density at radius 3 is 2.30 bits per heavy atom. The van der Waals surface area contributed by atoms with Gasteiger partial charge in [-0.25, -0.2) is 4.99 Å². The molecule has 0 radical (unpaired) electrons. The Labute approximate surface area is 307 Å². The molecule has 0 aliphatic carbocycles. The van der Waals surface area contributed by atoms with Crippen LogP contribution in [0, 0.1) is 11.3 Å². The maximum Gasteiger partial charge on any atom is 0.198 e. The molecule has 6 heteroatoms. The first-order valence-corrected chi connectivity index (χ1v) is 19.5. The van der Waals surface area contributed by atoms with Crippen LogP contribution in [0.25, 0.3) is 16.5 Å². The SMILES string of the molecule is C=C(CC)CC1CN(C(=C)c2ccc(N=C(N)NC(/C=C(\C)C(C)(C)C)=C(\CC)CNSC)c3ccccc23)CC(CC)(c2ccccc2)C1. The summed E-state index contributed by atoms with van der Waals surface area (Å²) >= 11 is 1.62. The number of hydrogen-bond donors (Lipinski definition) is 3. The van der Waals surface area contributed by atoms with Crippen molar-refractivity contribution in [3.05, 3.63) is 120 Å². The van der Waals surface area contributed by atoms with E-state index in [4.69, 9.17) is 17.3 Å². The zero-order valence-electron chi connectivity index (χ0n) is 32.0. The lowest BCUT2D eigenvalue weighted by atomic mass is 9.67. The fourth-order valence-electron chi connectivity index (χ4n) is 7.11. The minimum Gasteiger partial charge on any atom is -0.370 e. The summed E-state index contributed by atoms with van der Waals surface area (Å²) in [5.74, 6) is 0.877. The van der Waals surface area contributed by atoms with Crippen molar-refractivity contribution in [3.63, 3.8) is 0 Å². The molecule has 1 saturated heterocycles. The van der Waals surface area contributed by atoms with Gasteiger partial charge >= 0.3 is 0 Å². The third-order valence-corrected chi connectivity index (χ3v) is 11.1. The van der Waals surface area contributed by atoms with E-state index in [0.29, 0.717) is 11.9 Å². The van der Waals surface area contributed by atoms with E-state index >= 15 is 0 Å². The van der Waals surface area contributed by atoms with Gasteiger partial charge in [-0.1, -0.05) is 138 Å². The highest BCUT2D eigenvalue weighted by Gasteiger charge is 2.40. The van der Waals surface area contributed by atoms with Gasteiger partial charge in [0.2, 0.25) is 0 Å². The van der Waals surface area contributed by atoms with E-state index in [1.54, 1.807) is 11.9 Å². The molecule has 4 rings (SSSR count). The van der Waals surface area contributed by atoms with Gasteiger partial charge in [0.1, 0.15) is 0 Å². The Morgan fingerprint density at radius 2 is 1.68 bits per heavy atom. The number of fused-ring (bicyclic) bond motifs is 1. The molecule has 50 heavy (non-hydrogen) atoms. The molecule has 4 N–H and O–H groups in total. The number of aliphatic imine (C=N–C) groups is 1. The molecule has 0 saturated carbocycles. The number of nitrogens with one attached hydrogen (secondary N) is 2. The first kappa shape index (κ1) is 39.1. The fraction of sp³-hybridized carbons (Fsp3) is 0.432. The molecule has 268 valence electrons. The smallest absolute Gasteiger partial charge is 0.198 e. The molecule has 1 fully saturated rings. The zero-order chi connectivity index (χ0) is 36.5. The van der Waals surface area contributed by atoms with Crippen molar-refractivity contribution in [3.8, 4) is 0 Å². The highest BCUT2D eigenvalue weighted by atomic mass is 32.2. The molecule has 0 amide bonds. The molecule has 1 heterocycles. The number of likely N-dealkylation sites (tertiary alicyclic amines) is 1. The summed E-state index contributed by atoms with van der Waals surface area (Å²) in [6.45, 7) is 27.5. The third kappa shape index (κ3) is 9.52. The molecule has 3 aromatic rings. The van der Waals surface area contributed by atoms with E-state index < -0.39 is 0 Å². The first-order valence-electron chi connectivity index (χ1n) is 18.3. The summed E-state index contributed by atoms with van der Waals surface area (Å²) in [6, 6.07) is 23.9. The van der Waals surface area contributed by atoms with Crippen LogP contribution in [0.4, 0.5) is 5.69 Å². The third-order valence-electron chi connectivity index (χ3n) is 10.7. The first-order chi connectivity index (χ1) is 23.8. The molecular formula is C44H61N5S.